The van der Waals surface area contributed by atoms with Crippen LogP contribution in [-0.2, 0) is 4.79 Å². The zero-order valence-corrected chi connectivity index (χ0v) is 15.1. The Balaban J connectivity index is 1.89. The molecule has 0 aliphatic carbocycles. The monoisotopic (exact) mass is 394 g/mol. The second kappa shape index (κ2) is 8.13. The minimum atomic E-state index is -0.351. The predicted octanol–water partition coefficient (Wildman–Crippen LogP) is 4.33. The first-order valence-corrected chi connectivity index (χ1v) is 8.11. The quantitative estimate of drug-likeness (QED) is 0.605. The van der Waals surface area contributed by atoms with Gasteiger partial charge in [-0.05, 0) is 37.6 Å². The van der Waals surface area contributed by atoms with E-state index in [1.807, 2.05) is 38.1 Å². The molecule has 0 aliphatic rings. The maximum absolute atomic E-state index is 11.8. The van der Waals surface area contributed by atoms with Crippen LogP contribution in [0, 0.1) is 6.92 Å². The third-order valence-corrected chi connectivity index (χ3v) is 3.86. The molecule has 4 nitrogen and oxygen atoms in total. The number of hydrogen-bond acceptors (Lipinski definition) is 3. The molecule has 0 saturated carbocycles. The lowest BCUT2D eigenvalue weighted by Crippen LogP contribution is -2.25. The molecule has 0 spiro atoms. The van der Waals surface area contributed by atoms with Crippen molar-refractivity contribution in [3.63, 3.8) is 0 Å². The van der Waals surface area contributed by atoms with Gasteiger partial charge in [-0.15, -0.1) is 0 Å². The SMILES string of the molecule is C/C(=N\NC(=O)COc1ccc(Br)cc1Cl)c1ccc(C)cc1. The minimum absolute atomic E-state index is 0.161. The van der Waals surface area contributed by atoms with Crippen molar-refractivity contribution in [2.45, 2.75) is 13.8 Å². The summed E-state index contributed by atoms with van der Waals surface area (Å²) in [5.74, 6) is 0.0969. The molecular formula is C17H16BrClN2O2. The molecule has 6 heteroatoms. The number of amides is 1. The number of benzene rings is 2. The van der Waals surface area contributed by atoms with E-state index >= 15 is 0 Å². The van der Waals surface area contributed by atoms with E-state index in [2.05, 4.69) is 26.5 Å². The maximum Gasteiger partial charge on any atom is 0.277 e. The van der Waals surface area contributed by atoms with Crippen LogP contribution in [0.2, 0.25) is 5.02 Å². The zero-order valence-electron chi connectivity index (χ0n) is 12.8. The van der Waals surface area contributed by atoms with E-state index in [0.717, 1.165) is 15.7 Å². The third-order valence-electron chi connectivity index (χ3n) is 3.07. The molecule has 0 heterocycles. The summed E-state index contributed by atoms with van der Waals surface area (Å²) in [6.45, 7) is 3.69. The van der Waals surface area contributed by atoms with E-state index < -0.39 is 0 Å². The molecule has 1 N–H and O–H groups in total. The summed E-state index contributed by atoms with van der Waals surface area (Å²) >= 11 is 9.33. The van der Waals surface area contributed by atoms with E-state index in [1.165, 1.54) is 5.56 Å². The van der Waals surface area contributed by atoms with E-state index in [4.69, 9.17) is 16.3 Å². The molecule has 0 unspecified atom stereocenters. The molecule has 0 aliphatic heterocycles. The number of carbonyl (C=O) groups excluding carboxylic acids is 1. The lowest BCUT2D eigenvalue weighted by Gasteiger charge is -2.07. The second-order valence-corrected chi connectivity index (χ2v) is 6.28. The van der Waals surface area contributed by atoms with Gasteiger partial charge in [0.05, 0.1) is 10.7 Å². The van der Waals surface area contributed by atoms with Crippen LogP contribution in [0.1, 0.15) is 18.1 Å². The van der Waals surface area contributed by atoms with Gasteiger partial charge in [-0.25, -0.2) is 5.43 Å². The van der Waals surface area contributed by atoms with Gasteiger partial charge in [0.2, 0.25) is 0 Å². The molecular weight excluding hydrogens is 380 g/mol. The van der Waals surface area contributed by atoms with Gasteiger partial charge >= 0.3 is 0 Å². The first kappa shape index (κ1) is 17.5. The number of hydrogen-bond donors (Lipinski definition) is 1. The number of nitrogens with zero attached hydrogens (tertiary/aromatic N) is 1. The average Bonchev–Trinajstić information content (AvgIpc) is 2.52. The number of hydrazone groups is 1. The highest BCUT2D eigenvalue weighted by molar-refractivity contribution is 9.10. The Hall–Kier alpha value is -1.85. The molecule has 0 fully saturated rings. The fraction of sp³-hybridized carbons (Fsp3) is 0.176. The molecule has 1 amide bonds. The smallest absolute Gasteiger partial charge is 0.277 e. The molecule has 23 heavy (non-hydrogen) atoms. The molecule has 120 valence electrons. The summed E-state index contributed by atoms with van der Waals surface area (Å²) in [5, 5.41) is 4.51. The van der Waals surface area contributed by atoms with Gasteiger partial charge in [-0.1, -0.05) is 57.4 Å². The Kier molecular flexibility index (Phi) is 6.19. The van der Waals surface area contributed by atoms with Crippen molar-refractivity contribution in [1.29, 1.82) is 0 Å². The fourth-order valence-corrected chi connectivity index (χ4v) is 2.50. The Morgan fingerprint density at radius 1 is 1.26 bits per heavy atom. The summed E-state index contributed by atoms with van der Waals surface area (Å²) in [4.78, 5) is 11.8. The Morgan fingerprint density at radius 2 is 1.96 bits per heavy atom. The zero-order chi connectivity index (χ0) is 16.8. The van der Waals surface area contributed by atoms with Crippen LogP contribution in [0.5, 0.6) is 5.75 Å². The number of aryl methyl sites for hydroxylation is 1. The highest BCUT2D eigenvalue weighted by atomic mass is 79.9. The third kappa shape index (κ3) is 5.37. The van der Waals surface area contributed by atoms with E-state index in [1.54, 1.807) is 18.2 Å². The van der Waals surface area contributed by atoms with Crippen molar-refractivity contribution in [3.05, 3.63) is 63.1 Å². The number of halogens is 2. The van der Waals surface area contributed by atoms with Crippen molar-refractivity contribution in [1.82, 2.24) is 5.43 Å². The lowest BCUT2D eigenvalue weighted by atomic mass is 10.1. The standard InChI is InChI=1S/C17H16BrClN2O2/c1-11-3-5-13(6-4-11)12(2)20-21-17(22)10-23-16-8-7-14(18)9-15(16)19/h3-9H,10H2,1-2H3,(H,21,22)/b20-12+. The maximum atomic E-state index is 11.8. The summed E-state index contributed by atoms with van der Waals surface area (Å²) < 4.78 is 6.22. The van der Waals surface area contributed by atoms with E-state index in [9.17, 15) is 4.79 Å². The number of ether oxygens (including phenoxy) is 1. The van der Waals surface area contributed by atoms with Crippen molar-refractivity contribution in [2.24, 2.45) is 5.10 Å². The molecule has 2 aromatic carbocycles. The Morgan fingerprint density at radius 3 is 2.61 bits per heavy atom. The van der Waals surface area contributed by atoms with Gasteiger partial charge in [-0.3, -0.25) is 4.79 Å². The summed E-state index contributed by atoms with van der Waals surface area (Å²) in [7, 11) is 0. The Bertz CT molecular complexity index is 730. The van der Waals surface area contributed by atoms with Gasteiger partial charge in [0.1, 0.15) is 5.75 Å². The van der Waals surface area contributed by atoms with Crippen LogP contribution < -0.4 is 10.2 Å². The summed E-state index contributed by atoms with van der Waals surface area (Å²) in [5.41, 5.74) is 5.31. The van der Waals surface area contributed by atoms with E-state index in [-0.39, 0.29) is 12.5 Å². The van der Waals surface area contributed by atoms with Crippen molar-refractivity contribution >= 4 is 39.1 Å². The molecule has 2 rings (SSSR count). The topological polar surface area (TPSA) is 50.7 Å². The molecule has 0 saturated heterocycles. The lowest BCUT2D eigenvalue weighted by molar-refractivity contribution is -0.123. The van der Waals surface area contributed by atoms with Crippen molar-refractivity contribution in [3.8, 4) is 5.75 Å². The van der Waals surface area contributed by atoms with Crippen LogP contribution >= 0.6 is 27.5 Å². The van der Waals surface area contributed by atoms with Crippen LogP contribution in [-0.4, -0.2) is 18.2 Å². The number of rotatable bonds is 5. The van der Waals surface area contributed by atoms with Gasteiger partial charge in [0.25, 0.3) is 5.91 Å². The molecule has 2 aromatic rings. The van der Waals surface area contributed by atoms with Gasteiger partial charge in [0.15, 0.2) is 6.61 Å². The second-order valence-electron chi connectivity index (χ2n) is 4.96. The fourth-order valence-electron chi connectivity index (χ4n) is 1.77. The number of nitrogens with one attached hydrogen (secondary N) is 1. The van der Waals surface area contributed by atoms with Crippen LogP contribution in [0.3, 0.4) is 0 Å². The molecule has 0 aromatic heterocycles. The molecule has 0 radical (unpaired) electrons. The molecule has 0 bridgehead atoms. The van der Waals surface area contributed by atoms with Crippen LogP contribution in [0.15, 0.2) is 52.0 Å². The molecule has 0 atom stereocenters. The van der Waals surface area contributed by atoms with E-state index in [0.29, 0.717) is 10.8 Å². The Labute approximate surface area is 148 Å². The number of carbonyl (C=O) groups is 1. The summed E-state index contributed by atoms with van der Waals surface area (Å²) in [6, 6.07) is 13.1. The van der Waals surface area contributed by atoms with Crippen LogP contribution in [0.25, 0.3) is 0 Å². The highest BCUT2D eigenvalue weighted by Crippen LogP contribution is 2.27. The van der Waals surface area contributed by atoms with Crippen molar-refractivity contribution in [2.75, 3.05) is 6.61 Å². The van der Waals surface area contributed by atoms with Gasteiger partial charge in [0, 0.05) is 4.47 Å². The first-order valence-electron chi connectivity index (χ1n) is 6.94. The van der Waals surface area contributed by atoms with Gasteiger partial charge in [-0.2, -0.15) is 5.10 Å². The first-order chi connectivity index (χ1) is 11.0. The van der Waals surface area contributed by atoms with Gasteiger partial charge < -0.3 is 4.74 Å². The highest BCUT2D eigenvalue weighted by Gasteiger charge is 2.06. The average molecular weight is 396 g/mol. The summed E-state index contributed by atoms with van der Waals surface area (Å²) in [6.07, 6.45) is 0. The minimum Gasteiger partial charge on any atom is -0.482 e. The van der Waals surface area contributed by atoms with Crippen LogP contribution in [0.4, 0.5) is 0 Å². The largest absolute Gasteiger partial charge is 0.482 e. The predicted molar refractivity (Wildman–Crippen MR) is 96.2 cm³/mol. The van der Waals surface area contributed by atoms with Crippen molar-refractivity contribution < 1.29 is 9.53 Å². The normalized spacial score (nSPS) is 11.2.